The molecule has 0 radical (unpaired) electrons. The number of para-hydroxylation sites is 1. The monoisotopic (exact) mass is 625 g/mol. The van der Waals surface area contributed by atoms with Gasteiger partial charge in [0, 0.05) is 32.8 Å². The molecule has 10 aromatic rings. The van der Waals surface area contributed by atoms with Crippen molar-refractivity contribution in [1.82, 2.24) is 15.0 Å². The number of benzene rings is 8. The third-order valence-electron chi connectivity index (χ3n) is 9.52. The van der Waals surface area contributed by atoms with E-state index in [1.807, 2.05) is 18.2 Å². The lowest BCUT2D eigenvalue weighted by Gasteiger charge is -2.13. The molecule has 0 aliphatic heterocycles. The maximum Gasteiger partial charge on any atom is 0.164 e. The van der Waals surface area contributed by atoms with Gasteiger partial charge in [0.2, 0.25) is 0 Å². The minimum Gasteiger partial charge on any atom is -0.455 e. The highest BCUT2D eigenvalue weighted by Crippen LogP contribution is 2.41. The summed E-state index contributed by atoms with van der Waals surface area (Å²) in [7, 11) is 0. The first-order valence-corrected chi connectivity index (χ1v) is 16.4. The molecule has 0 aliphatic carbocycles. The van der Waals surface area contributed by atoms with E-state index in [0.717, 1.165) is 82.1 Å². The molecule has 2 aromatic heterocycles. The molecule has 10 rings (SSSR count). The van der Waals surface area contributed by atoms with Crippen molar-refractivity contribution in [3.05, 3.63) is 164 Å². The van der Waals surface area contributed by atoms with Crippen LogP contribution in [0, 0.1) is 0 Å². The van der Waals surface area contributed by atoms with Crippen molar-refractivity contribution in [3.63, 3.8) is 0 Å². The van der Waals surface area contributed by atoms with E-state index in [4.69, 9.17) is 19.4 Å². The zero-order valence-corrected chi connectivity index (χ0v) is 26.3. The van der Waals surface area contributed by atoms with E-state index in [1.165, 1.54) is 0 Å². The first kappa shape index (κ1) is 27.5. The average Bonchev–Trinajstić information content (AvgIpc) is 3.56. The number of nitrogens with zero attached hydrogens (tertiary/aromatic N) is 3. The van der Waals surface area contributed by atoms with E-state index in [0.29, 0.717) is 17.5 Å². The maximum absolute atomic E-state index is 6.58. The predicted octanol–water partition coefficient (Wildman–Crippen LogP) is 11.9. The Morgan fingerprint density at radius 3 is 1.53 bits per heavy atom. The number of aromatic nitrogens is 3. The third kappa shape index (κ3) is 4.49. The summed E-state index contributed by atoms with van der Waals surface area (Å²) in [5, 5.41) is 8.59. The van der Waals surface area contributed by atoms with Gasteiger partial charge in [-0.3, -0.25) is 0 Å². The van der Waals surface area contributed by atoms with Crippen molar-refractivity contribution in [3.8, 4) is 45.3 Å². The Kier molecular flexibility index (Phi) is 6.15. The molecular formula is C45H27N3O. The second kappa shape index (κ2) is 11.0. The summed E-state index contributed by atoms with van der Waals surface area (Å²) in [6, 6.07) is 56.8. The fourth-order valence-corrected chi connectivity index (χ4v) is 7.17. The number of rotatable bonds is 4. The van der Waals surface area contributed by atoms with Crippen molar-refractivity contribution < 1.29 is 4.42 Å². The summed E-state index contributed by atoms with van der Waals surface area (Å²) in [6.07, 6.45) is 0. The molecule has 0 fully saturated rings. The van der Waals surface area contributed by atoms with E-state index in [-0.39, 0.29) is 0 Å². The quantitative estimate of drug-likeness (QED) is 0.195. The van der Waals surface area contributed by atoms with Crippen LogP contribution in [0.3, 0.4) is 0 Å². The first-order chi connectivity index (χ1) is 24.3. The van der Waals surface area contributed by atoms with E-state index >= 15 is 0 Å². The zero-order valence-electron chi connectivity index (χ0n) is 26.3. The molecule has 228 valence electrons. The van der Waals surface area contributed by atoms with Gasteiger partial charge in [-0.05, 0) is 56.3 Å². The Morgan fingerprint density at radius 2 is 0.857 bits per heavy atom. The molecule has 0 N–H and O–H groups in total. The fourth-order valence-electron chi connectivity index (χ4n) is 7.17. The first-order valence-electron chi connectivity index (χ1n) is 16.4. The molecule has 4 heteroatoms. The highest BCUT2D eigenvalue weighted by Gasteiger charge is 2.20. The van der Waals surface area contributed by atoms with Crippen molar-refractivity contribution in [1.29, 1.82) is 0 Å². The van der Waals surface area contributed by atoms with E-state index in [2.05, 4.69) is 146 Å². The van der Waals surface area contributed by atoms with Gasteiger partial charge in [-0.1, -0.05) is 146 Å². The highest BCUT2D eigenvalue weighted by molar-refractivity contribution is 6.19. The number of hydrogen-bond donors (Lipinski definition) is 0. The molecule has 8 aromatic carbocycles. The molecule has 0 saturated heterocycles. The Hall–Kier alpha value is -6.65. The van der Waals surface area contributed by atoms with Gasteiger partial charge in [0.15, 0.2) is 17.5 Å². The second-order valence-electron chi connectivity index (χ2n) is 12.4. The maximum atomic E-state index is 6.58. The number of hydrogen-bond acceptors (Lipinski definition) is 4. The minimum atomic E-state index is 0.616. The number of furan rings is 1. The minimum absolute atomic E-state index is 0.616. The van der Waals surface area contributed by atoms with Gasteiger partial charge in [-0.15, -0.1) is 0 Å². The topological polar surface area (TPSA) is 51.8 Å². The molecule has 4 nitrogen and oxygen atoms in total. The SMILES string of the molecule is c1ccc(-c2ccc3c(-c4nc(-c5cccc6ccccc56)nc(-c5cccc6ccccc56)n4)cc4c5ccccc5oc4c3c2)cc1. The van der Waals surface area contributed by atoms with Crippen molar-refractivity contribution >= 4 is 54.3 Å². The molecule has 0 unspecified atom stereocenters. The molecule has 0 amide bonds. The van der Waals surface area contributed by atoms with Gasteiger partial charge in [0.25, 0.3) is 0 Å². The lowest BCUT2D eigenvalue weighted by atomic mass is 9.95. The van der Waals surface area contributed by atoms with Crippen molar-refractivity contribution in [2.75, 3.05) is 0 Å². The largest absolute Gasteiger partial charge is 0.455 e. The summed E-state index contributed by atoms with van der Waals surface area (Å²) in [4.78, 5) is 15.8. The lowest BCUT2D eigenvalue weighted by molar-refractivity contribution is 0.672. The zero-order chi connectivity index (χ0) is 32.3. The van der Waals surface area contributed by atoms with Crippen LogP contribution < -0.4 is 0 Å². The van der Waals surface area contributed by atoms with Gasteiger partial charge in [-0.2, -0.15) is 0 Å². The molecule has 49 heavy (non-hydrogen) atoms. The van der Waals surface area contributed by atoms with Crippen LogP contribution in [0.15, 0.2) is 168 Å². The Bertz CT molecular complexity index is 2780. The molecule has 0 saturated carbocycles. The third-order valence-corrected chi connectivity index (χ3v) is 9.52. The lowest BCUT2D eigenvalue weighted by Crippen LogP contribution is -2.01. The van der Waals surface area contributed by atoms with Crippen LogP contribution >= 0.6 is 0 Å². The van der Waals surface area contributed by atoms with Crippen molar-refractivity contribution in [2.24, 2.45) is 0 Å². The van der Waals surface area contributed by atoms with Gasteiger partial charge >= 0.3 is 0 Å². The van der Waals surface area contributed by atoms with Crippen LogP contribution in [0.25, 0.3) is 99.5 Å². The summed E-state index contributed by atoms with van der Waals surface area (Å²) in [6.45, 7) is 0. The molecule has 0 atom stereocenters. The number of fused-ring (bicyclic) bond motifs is 7. The van der Waals surface area contributed by atoms with Crippen LogP contribution in [0.5, 0.6) is 0 Å². The molecular weight excluding hydrogens is 599 g/mol. The predicted molar refractivity (Wildman–Crippen MR) is 201 cm³/mol. The van der Waals surface area contributed by atoms with Gasteiger partial charge in [-0.25, -0.2) is 15.0 Å². The molecule has 0 spiro atoms. The van der Waals surface area contributed by atoms with Gasteiger partial charge in [0.1, 0.15) is 11.2 Å². The van der Waals surface area contributed by atoms with Crippen LogP contribution in [0.4, 0.5) is 0 Å². The Morgan fingerprint density at radius 1 is 0.327 bits per heavy atom. The highest BCUT2D eigenvalue weighted by atomic mass is 16.3. The van der Waals surface area contributed by atoms with E-state index < -0.39 is 0 Å². The van der Waals surface area contributed by atoms with Crippen LogP contribution in [0.2, 0.25) is 0 Å². The van der Waals surface area contributed by atoms with Crippen molar-refractivity contribution in [2.45, 2.75) is 0 Å². The Balaban J connectivity index is 1.31. The summed E-state index contributed by atoms with van der Waals surface area (Å²) in [5.74, 6) is 1.89. The van der Waals surface area contributed by atoms with Gasteiger partial charge < -0.3 is 4.42 Å². The van der Waals surface area contributed by atoms with Crippen LogP contribution in [-0.4, -0.2) is 15.0 Å². The standard InChI is InChI=1S/C45H27N3O/c1-2-12-28(13-3-1)31-24-25-34-38(26-31)42-39(35-20-8-9-23-41(35)49-42)27-40(34)45-47-43(36-21-10-16-29-14-4-6-18-32(29)36)46-44(48-45)37-22-11-17-30-15-5-7-19-33(30)37/h1-27H. The van der Waals surface area contributed by atoms with Gasteiger partial charge in [0.05, 0.1) is 0 Å². The average molecular weight is 626 g/mol. The normalized spacial score (nSPS) is 11.7. The Labute approximate surface area is 282 Å². The van der Waals surface area contributed by atoms with E-state index in [1.54, 1.807) is 0 Å². The summed E-state index contributed by atoms with van der Waals surface area (Å²) in [5.41, 5.74) is 6.84. The molecule has 0 bridgehead atoms. The smallest absolute Gasteiger partial charge is 0.164 e. The molecule has 0 aliphatic rings. The summed E-state index contributed by atoms with van der Waals surface area (Å²) < 4.78 is 6.58. The van der Waals surface area contributed by atoms with Crippen LogP contribution in [-0.2, 0) is 0 Å². The fraction of sp³-hybridized carbons (Fsp3) is 0. The molecule has 2 heterocycles. The summed E-state index contributed by atoms with van der Waals surface area (Å²) >= 11 is 0. The second-order valence-corrected chi connectivity index (χ2v) is 12.4. The van der Waals surface area contributed by atoms with E-state index in [9.17, 15) is 0 Å². The van der Waals surface area contributed by atoms with Crippen LogP contribution in [0.1, 0.15) is 0 Å².